The Bertz CT molecular complexity index is 489. The summed E-state index contributed by atoms with van der Waals surface area (Å²) in [6.45, 7) is 0. The summed E-state index contributed by atoms with van der Waals surface area (Å²) < 4.78 is 42.7. The van der Waals surface area contributed by atoms with E-state index in [2.05, 4.69) is 4.98 Å². The van der Waals surface area contributed by atoms with Gasteiger partial charge < -0.3 is 10.5 Å². The van der Waals surface area contributed by atoms with Gasteiger partial charge in [0.15, 0.2) is 0 Å². The highest BCUT2D eigenvalue weighted by atomic mass is 19.4. The number of nitrogens with zero attached hydrogens (tertiary/aromatic N) is 2. The molecule has 4 nitrogen and oxygen atoms in total. The first-order valence-electron chi connectivity index (χ1n) is 5.30. The molecule has 1 fully saturated rings. The lowest BCUT2D eigenvalue weighted by molar-refractivity contribution is -0.141. The van der Waals surface area contributed by atoms with Gasteiger partial charge in [-0.1, -0.05) is 0 Å². The van der Waals surface area contributed by atoms with Crippen molar-refractivity contribution in [1.29, 1.82) is 5.26 Å². The second-order valence-corrected chi connectivity index (χ2v) is 4.13. The molecule has 1 aliphatic rings. The molecule has 1 aromatic heterocycles. The lowest BCUT2D eigenvalue weighted by Crippen LogP contribution is -2.43. The summed E-state index contributed by atoms with van der Waals surface area (Å²) in [5, 5.41) is 8.79. The third-order valence-corrected chi connectivity index (χ3v) is 2.68. The number of hydrogen-bond acceptors (Lipinski definition) is 4. The van der Waals surface area contributed by atoms with E-state index >= 15 is 0 Å². The Morgan fingerprint density at radius 3 is 2.56 bits per heavy atom. The first-order valence-corrected chi connectivity index (χ1v) is 5.30. The van der Waals surface area contributed by atoms with Crippen molar-refractivity contribution in [3.05, 3.63) is 23.4 Å². The molecule has 0 aromatic carbocycles. The number of aromatic nitrogens is 1. The molecule has 18 heavy (non-hydrogen) atoms. The zero-order valence-electron chi connectivity index (χ0n) is 9.24. The number of rotatable bonds is 2. The van der Waals surface area contributed by atoms with Crippen molar-refractivity contribution in [2.45, 2.75) is 31.2 Å². The van der Waals surface area contributed by atoms with Crippen LogP contribution in [-0.4, -0.2) is 17.1 Å². The molecule has 7 heteroatoms. The summed E-state index contributed by atoms with van der Waals surface area (Å²) in [7, 11) is 0. The van der Waals surface area contributed by atoms with E-state index in [0.29, 0.717) is 12.8 Å². The van der Waals surface area contributed by atoms with Crippen molar-refractivity contribution in [3.8, 4) is 11.9 Å². The summed E-state index contributed by atoms with van der Waals surface area (Å²) >= 11 is 0. The monoisotopic (exact) mass is 257 g/mol. The van der Waals surface area contributed by atoms with Gasteiger partial charge in [-0.15, -0.1) is 0 Å². The highest BCUT2D eigenvalue weighted by Crippen LogP contribution is 2.31. The summed E-state index contributed by atoms with van der Waals surface area (Å²) in [5.74, 6) is -0.274. The summed E-state index contributed by atoms with van der Waals surface area (Å²) in [5.41, 5.74) is 4.47. The fourth-order valence-electron chi connectivity index (χ4n) is 1.63. The Morgan fingerprint density at radius 2 is 2.06 bits per heavy atom. The van der Waals surface area contributed by atoms with Crippen LogP contribution in [0.5, 0.6) is 5.88 Å². The van der Waals surface area contributed by atoms with Crippen LogP contribution in [0, 0.1) is 11.3 Å². The molecule has 1 aliphatic carbocycles. The van der Waals surface area contributed by atoms with Crippen LogP contribution in [0.3, 0.4) is 0 Å². The van der Waals surface area contributed by atoms with E-state index in [1.807, 2.05) is 0 Å². The van der Waals surface area contributed by atoms with Crippen LogP contribution in [0.25, 0.3) is 0 Å². The summed E-state index contributed by atoms with van der Waals surface area (Å²) in [6, 6.07) is 3.58. The van der Waals surface area contributed by atoms with Gasteiger partial charge >= 0.3 is 6.18 Å². The van der Waals surface area contributed by atoms with Gasteiger partial charge in [0.2, 0.25) is 5.88 Å². The molecule has 0 unspecified atom stereocenters. The average molecular weight is 257 g/mol. The van der Waals surface area contributed by atoms with Crippen LogP contribution >= 0.6 is 0 Å². The zero-order valence-corrected chi connectivity index (χ0v) is 9.24. The number of nitriles is 1. The lowest BCUT2D eigenvalue weighted by Gasteiger charge is -2.32. The molecule has 0 atom stereocenters. The highest BCUT2D eigenvalue weighted by molar-refractivity contribution is 5.39. The standard InChI is InChI=1S/C11H10F3N3O/c12-11(13,14)9-2-1-6(5-15)10(17-9)18-8-3-7(16)4-8/h1-2,7-8H,3-4,16H2. The third-order valence-electron chi connectivity index (χ3n) is 2.68. The molecule has 0 spiro atoms. The lowest BCUT2D eigenvalue weighted by atomic mass is 9.90. The molecule has 1 heterocycles. The quantitative estimate of drug-likeness (QED) is 0.877. The molecule has 1 aromatic rings. The van der Waals surface area contributed by atoms with Crippen LogP contribution in [0.4, 0.5) is 13.2 Å². The van der Waals surface area contributed by atoms with Gasteiger partial charge in [-0.05, 0) is 25.0 Å². The molecular weight excluding hydrogens is 247 g/mol. The maximum absolute atomic E-state index is 12.5. The van der Waals surface area contributed by atoms with E-state index in [-0.39, 0.29) is 23.6 Å². The van der Waals surface area contributed by atoms with Gasteiger partial charge in [-0.2, -0.15) is 18.4 Å². The third kappa shape index (κ3) is 2.54. The molecule has 96 valence electrons. The van der Waals surface area contributed by atoms with Crippen molar-refractivity contribution in [2.75, 3.05) is 0 Å². The average Bonchev–Trinajstić information content (AvgIpc) is 2.25. The summed E-state index contributed by atoms with van der Waals surface area (Å²) in [4.78, 5) is 3.35. The van der Waals surface area contributed by atoms with Crippen LogP contribution in [0.15, 0.2) is 12.1 Å². The molecule has 0 bridgehead atoms. The Kier molecular flexibility index (Phi) is 3.13. The second-order valence-electron chi connectivity index (χ2n) is 4.13. The molecular formula is C11H10F3N3O. The van der Waals surface area contributed by atoms with E-state index in [4.69, 9.17) is 15.7 Å². The first-order chi connectivity index (χ1) is 8.40. The Hall–Kier alpha value is -1.81. The van der Waals surface area contributed by atoms with Gasteiger partial charge in [-0.3, -0.25) is 0 Å². The maximum Gasteiger partial charge on any atom is 0.433 e. The largest absolute Gasteiger partial charge is 0.473 e. The Morgan fingerprint density at radius 1 is 1.39 bits per heavy atom. The second kappa shape index (κ2) is 4.46. The fourth-order valence-corrected chi connectivity index (χ4v) is 1.63. The Balaban J connectivity index is 2.23. The van der Waals surface area contributed by atoms with Gasteiger partial charge in [0, 0.05) is 6.04 Å². The molecule has 0 aliphatic heterocycles. The van der Waals surface area contributed by atoms with E-state index in [1.54, 1.807) is 6.07 Å². The van der Waals surface area contributed by atoms with Crippen LogP contribution < -0.4 is 10.5 Å². The van der Waals surface area contributed by atoms with Crippen molar-refractivity contribution < 1.29 is 17.9 Å². The van der Waals surface area contributed by atoms with Crippen LogP contribution in [0.1, 0.15) is 24.1 Å². The van der Waals surface area contributed by atoms with E-state index in [9.17, 15) is 13.2 Å². The minimum Gasteiger partial charge on any atom is -0.473 e. The van der Waals surface area contributed by atoms with Crippen molar-refractivity contribution in [1.82, 2.24) is 4.98 Å². The number of pyridine rings is 1. The number of nitrogens with two attached hydrogens (primary N) is 1. The first kappa shape index (κ1) is 12.6. The number of hydrogen-bond donors (Lipinski definition) is 1. The van der Waals surface area contributed by atoms with E-state index < -0.39 is 11.9 Å². The number of ether oxygens (including phenoxy) is 1. The van der Waals surface area contributed by atoms with Crippen molar-refractivity contribution in [3.63, 3.8) is 0 Å². The minimum absolute atomic E-state index is 0.00587. The molecule has 0 saturated heterocycles. The molecule has 0 radical (unpaired) electrons. The Labute approximate surface area is 101 Å². The topological polar surface area (TPSA) is 71.9 Å². The van der Waals surface area contributed by atoms with Crippen LogP contribution in [-0.2, 0) is 6.18 Å². The smallest absolute Gasteiger partial charge is 0.433 e. The predicted octanol–water partition coefficient (Wildman–Crippen LogP) is 1.84. The van der Waals surface area contributed by atoms with Gasteiger partial charge in [0.05, 0.1) is 0 Å². The molecule has 1 saturated carbocycles. The van der Waals surface area contributed by atoms with E-state index in [0.717, 1.165) is 12.1 Å². The van der Waals surface area contributed by atoms with Gasteiger partial charge in [-0.25, -0.2) is 4.98 Å². The molecule has 2 N–H and O–H groups in total. The predicted molar refractivity (Wildman–Crippen MR) is 55.6 cm³/mol. The SMILES string of the molecule is N#Cc1ccc(C(F)(F)F)nc1OC1CC(N)C1. The maximum atomic E-state index is 12.5. The van der Waals surface area contributed by atoms with Crippen molar-refractivity contribution >= 4 is 0 Å². The van der Waals surface area contributed by atoms with Crippen LogP contribution in [0.2, 0.25) is 0 Å². The minimum atomic E-state index is -4.55. The normalized spacial score (nSPS) is 23.1. The number of halogens is 3. The number of alkyl halides is 3. The van der Waals surface area contributed by atoms with Crippen molar-refractivity contribution in [2.24, 2.45) is 5.73 Å². The highest BCUT2D eigenvalue weighted by Gasteiger charge is 2.34. The molecule has 2 rings (SSSR count). The van der Waals surface area contributed by atoms with Gasteiger partial charge in [0.1, 0.15) is 23.4 Å². The van der Waals surface area contributed by atoms with Gasteiger partial charge in [0.25, 0.3) is 0 Å². The fraction of sp³-hybridized carbons (Fsp3) is 0.455. The zero-order chi connectivity index (χ0) is 13.3. The van der Waals surface area contributed by atoms with E-state index in [1.165, 1.54) is 0 Å². The summed E-state index contributed by atoms with van der Waals surface area (Å²) in [6.07, 6.45) is -3.70. The molecule has 0 amide bonds.